The molecule has 0 saturated carbocycles. The second-order valence-electron chi connectivity index (χ2n) is 4.88. The molecule has 0 radical (unpaired) electrons. The zero-order valence-electron chi connectivity index (χ0n) is 10.8. The molecule has 1 aromatic rings. The molecule has 0 bridgehead atoms. The minimum absolute atomic E-state index is 0.0919. The number of rotatable bonds is 5. The largest absolute Gasteiger partial charge is 0.307 e. The fourth-order valence-corrected chi connectivity index (χ4v) is 2.76. The van der Waals surface area contributed by atoms with Crippen LogP contribution in [0.4, 0.5) is 0 Å². The average molecular weight is 266 g/mol. The first-order valence-corrected chi connectivity index (χ1v) is 7.12. The van der Waals surface area contributed by atoms with Gasteiger partial charge in [-0.1, -0.05) is 24.6 Å². The molecule has 0 unspecified atom stereocenters. The number of aryl methyl sites for hydroxylation is 2. The molecule has 1 aliphatic rings. The highest BCUT2D eigenvalue weighted by Gasteiger charge is 2.21. The maximum absolute atomic E-state index is 12.0. The summed E-state index contributed by atoms with van der Waals surface area (Å²) >= 11 is 6.02. The lowest BCUT2D eigenvalue weighted by atomic mass is 9.97. The Morgan fingerprint density at radius 2 is 2.28 bits per heavy atom. The molecule has 98 valence electrons. The van der Waals surface area contributed by atoms with Crippen LogP contribution in [0.5, 0.6) is 0 Å². The van der Waals surface area contributed by atoms with Crippen LogP contribution in [0, 0.1) is 0 Å². The quantitative estimate of drug-likeness (QED) is 0.886. The third-order valence-corrected chi connectivity index (χ3v) is 3.87. The molecule has 18 heavy (non-hydrogen) atoms. The lowest BCUT2D eigenvalue weighted by Crippen LogP contribution is -2.30. The molecule has 0 spiro atoms. The third kappa shape index (κ3) is 3.33. The fourth-order valence-electron chi connectivity index (χ4n) is 2.56. The number of Topliss-reactive ketones (excluding diaryl/α,β-unsaturated/α-hetero) is 1. The SMILES string of the molecule is CCc1ccc(Cl)cc1CCC(=O)[C@@H]1CCCN1. The Morgan fingerprint density at radius 3 is 2.94 bits per heavy atom. The van der Waals surface area contributed by atoms with Crippen LogP contribution in [0.2, 0.25) is 5.02 Å². The predicted molar refractivity (Wildman–Crippen MR) is 75.2 cm³/mol. The summed E-state index contributed by atoms with van der Waals surface area (Å²) in [4.78, 5) is 12.0. The van der Waals surface area contributed by atoms with Gasteiger partial charge in [-0.15, -0.1) is 0 Å². The summed E-state index contributed by atoms with van der Waals surface area (Å²) in [7, 11) is 0. The van der Waals surface area contributed by atoms with E-state index in [1.165, 1.54) is 11.1 Å². The second-order valence-corrected chi connectivity index (χ2v) is 5.32. The molecule has 1 fully saturated rings. The molecule has 2 rings (SSSR count). The highest BCUT2D eigenvalue weighted by molar-refractivity contribution is 6.30. The van der Waals surface area contributed by atoms with Gasteiger partial charge in [0.2, 0.25) is 0 Å². The van der Waals surface area contributed by atoms with E-state index in [0.717, 1.165) is 37.3 Å². The Kier molecular flexibility index (Phi) is 4.79. The van der Waals surface area contributed by atoms with Gasteiger partial charge in [-0.2, -0.15) is 0 Å². The van der Waals surface area contributed by atoms with Gasteiger partial charge in [0.25, 0.3) is 0 Å². The van der Waals surface area contributed by atoms with E-state index in [0.29, 0.717) is 12.2 Å². The summed E-state index contributed by atoms with van der Waals surface area (Å²) in [6.45, 7) is 3.11. The van der Waals surface area contributed by atoms with Crippen molar-refractivity contribution in [3.8, 4) is 0 Å². The van der Waals surface area contributed by atoms with Crippen molar-refractivity contribution in [1.29, 1.82) is 0 Å². The molecular weight excluding hydrogens is 246 g/mol. The Morgan fingerprint density at radius 1 is 1.44 bits per heavy atom. The van der Waals surface area contributed by atoms with E-state index >= 15 is 0 Å². The van der Waals surface area contributed by atoms with Gasteiger partial charge in [0.15, 0.2) is 0 Å². The van der Waals surface area contributed by atoms with Gasteiger partial charge >= 0.3 is 0 Å². The molecule has 3 heteroatoms. The minimum atomic E-state index is 0.0919. The number of nitrogens with one attached hydrogen (secondary N) is 1. The predicted octanol–water partition coefficient (Wildman–Crippen LogP) is 3.16. The molecule has 1 N–H and O–H groups in total. The van der Waals surface area contributed by atoms with Crippen molar-refractivity contribution in [1.82, 2.24) is 5.32 Å². The van der Waals surface area contributed by atoms with Gasteiger partial charge in [0.05, 0.1) is 6.04 Å². The van der Waals surface area contributed by atoms with Crippen molar-refractivity contribution >= 4 is 17.4 Å². The zero-order chi connectivity index (χ0) is 13.0. The van der Waals surface area contributed by atoms with E-state index in [2.05, 4.69) is 18.3 Å². The van der Waals surface area contributed by atoms with Gasteiger partial charge in [-0.05, 0) is 55.5 Å². The van der Waals surface area contributed by atoms with E-state index in [1.807, 2.05) is 12.1 Å². The van der Waals surface area contributed by atoms with Crippen molar-refractivity contribution in [2.75, 3.05) is 6.54 Å². The standard InChI is InChI=1S/C15H20ClNO/c1-2-11-5-7-13(16)10-12(11)6-8-15(18)14-4-3-9-17-14/h5,7,10,14,17H,2-4,6,8-9H2,1H3/t14-/m0/s1. The molecule has 0 amide bonds. The number of hydrogen-bond acceptors (Lipinski definition) is 2. The number of carbonyl (C=O) groups excluding carboxylic acids is 1. The molecule has 1 aromatic carbocycles. The highest BCUT2D eigenvalue weighted by atomic mass is 35.5. The normalized spacial score (nSPS) is 19.1. The number of ketones is 1. The summed E-state index contributed by atoms with van der Waals surface area (Å²) < 4.78 is 0. The molecule has 2 nitrogen and oxygen atoms in total. The minimum Gasteiger partial charge on any atom is -0.307 e. The van der Waals surface area contributed by atoms with E-state index in [-0.39, 0.29) is 6.04 Å². The van der Waals surface area contributed by atoms with Crippen LogP contribution in [0.15, 0.2) is 18.2 Å². The molecule has 1 heterocycles. The average Bonchev–Trinajstić information content (AvgIpc) is 2.90. The summed E-state index contributed by atoms with van der Waals surface area (Å²) in [5.41, 5.74) is 2.52. The Balaban J connectivity index is 1.96. The lowest BCUT2D eigenvalue weighted by Gasteiger charge is -2.11. The van der Waals surface area contributed by atoms with Crippen molar-refractivity contribution in [2.24, 2.45) is 0 Å². The molecule has 1 saturated heterocycles. The second kappa shape index (κ2) is 6.35. The first-order chi connectivity index (χ1) is 8.70. The molecule has 0 aromatic heterocycles. The van der Waals surface area contributed by atoms with Crippen LogP contribution in [-0.4, -0.2) is 18.4 Å². The van der Waals surface area contributed by atoms with Gasteiger partial charge < -0.3 is 5.32 Å². The van der Waals surface area contributed by atoms with E-state index in [4.69, 9.17) is 11.6 Å². The van der Waals surface area contributed by atoms with Crippen LogP contribution in [0.25, 0.3) is 0 Å². The van der Waals surface area contributed by atoms with Crippen molar-refractivity contribution in [3.05, 3.63) is 34.3 Å². The lowest BCUT2D eigenvalue weighted by molar-refractivity contribution is -0.120. The fraction of sp³-hybridized carbons (Fsp3) is 0.533. The summed E-state index contributed by atoms with van der Waals surface area (Å²) in [6.07, 6.45) is 4.52. The van der Waals surface area contributed by atoms with E-state index in [1.54, 1.807) is 0 Å². The van der Waals surface area contributed by atoms with Crippen molar-refractivity contribution in [3.63, 3.8) is 0 Å². The Labute approximate surface area is 114 Å². The molecular formula is C15H20ClNO. The smallest absolute Gasteiger partial charge is 0.150 e. The summed E-state index contributed by atoms with van der Waals surface area (Å²) in [5, 5.41) is 4.02. The van der Waals surface area contributed by atoms with Gasteiger partial charge in [-0.3, -0.25) is 4.79 Å². The summed E-state index contributed by atoms with van der Waals surface area (Å²) in [6, 6.07) is 6.07. The van der Waals surface area contributed by atoms with Crippen LogP contribution < -0.4 is 5.32 Å². The third-order valence-electron chi connectivity index (χ3n) is 3.64. The number of halogens is 1. The van der Waals surface area contributed by atoms with Crippen molar-refractivity contribution in [2.45, 2.75) is 45.1 Å². The van der Waals surface area contributed by atoms with Gasteiger partial charge in [-0.25, -0.2) is 0 Å². The monoisotopic (exact) mass is 265 g/mol. The number of hydrogen-bond donors (Lipinski definition) is 1. The Bertz CT molecular complexity index is 425. The molecule has 0 aliphatic carbocycles. The van der Waals surface area contributed by atoms with E-state index < -0.39 is 0 Å². The maximum Gasteiger partial charge on any atom is 0.150 e. The molecule has 1 aliphatic heterocycles. The topological polar surface area (TPSA) is 29.1 Å². The van der Waals surface area contributed by atoms with Crippen molar-refractivity contribution < 1.29 is 4.79 Å². The maximum atomic E-state index is 12.0. The zero-order valence-corrected chi connectivity index (χ0v) is 11.6. The van der Waals surface area contributed by atoms with Gasteiger partial charge in [0.1, 0.15) is 5.78 Å². The van der Waals surface area contributed by atoms with E-state index in [9.17, 15) is 4.79 Å². The number of benzene rings is 1. The van der Waals surface area contributed by atoms with Crippen LogP contribution in [-0.2, 0) is 17.6 Å². The highest BCUT2D eigenvalue weighted by Crippen LogP contribution is 2.19. The first kappa shape index (κ1) is 13.6. The first-order valence-electron chi connectivity index (χ1n) is 6.74. The Hall–Kier alpha value is -0.860. The van der Waals surface area contributed by atoms with Gasteiger partial charge in [0, 0.05) is 11.4 Å². The number of carbonyl (C=O) groups is 1. The van der Waals surface area contributed by atoms with Crippen LogP contribution in [0.3, 0.4) is 0 Å². The van der Waals surface area contributed by atoms with Crippen LogP contribution in [0.1, 0.15) is 37.3 Å². The van der Waals surface area contributed by atoms with Crippen LogP contribution >= 0.6 is 11.6 Å². The summed E-state index contributed by atoms with van der Waals surface area (Å²) in [5.74, 6) is 0.342. The molecule has 1 atom stereocenters.